The van der Waals surface area contributed by atoms with Gasteiger partial charge in [0.2, 0.25) is 0 Å². The molecular weight excluding hydrogens is 248 g/mol. The third-order valence-corrected chi connectivity index (χ3v) is 3.67. The summed E-state index contributed by atoms with van der Waals surface area (Å²) in [7, 11) is 1.62. The normalized spacial score (nSPS) is 11.6. The summed E-state index contributed by atoms with van der Waals surface area (Å²) in [6.07, 6.45) is 3.35. The minimum atomic E-state index is -3.72. The molecule has 0 saturated carbocycles. The molecule has 0 aliphatic carbocycles. The number of rotatable bonds is 2. The minimum Gasteiger partial charge on any atom is -0.241 e. The lowest BCUT2D eigenvalue weighted by atomic mass is 10.2. The molecule has 1 aromatic heterocycles. The topological polar surface area (TPSA) is 52.0 Å². The van der Waals surface area contributed by atoms with Crippen LogP contribution < -0.4 is 0 Å². The quantitative estimate of drug-likeness (QED) is 0.774. The number of aryl methyl sites for hydroxylation is 1. The summed E-state index contributed by atoms with van der Waals surface area (Å²) >= 11 is 0. The molecule has 0 spiro atoms. The van der Waals surface area contributed by atoms with Gasteiger partial charge in [0.1, 0.15) is 0 Å². The summed E-state index contributed by atoms with van der Waals surface area (Å²) in [6.45, 7) is 1.70. The van der Waals surface area contributed by atoms with Crippen molar-refractivity contribution in [2.75, 3.05) is 0 Å². The molecule has 0 aliphatic heterocycles. The van der Waals surface area contributed by atoms with E-state index in [1.807, 2.05) is 0 Å². The molecule has 0 atom stereocenters. The molecule has 0 saturated heterocycles. The molecule has 6 heteroatoms. The highest BCUT2D eigenvalue weighted by Crippen LogP contribution is 2.22. The minimum absolute atomic E-state index is 0.113. The highest BCUT2D eigenvalue weighted by Gasteiger charge is 2.14. The molecule has 2 rings (SSSR count). The molecule has 0 fully saturated rings. The molecule has 0 N–H and O–H groups in total. The molecule has 84 valence electrons. The summed E-state index contributed by atoms with van der Waals surface area (Å²) in [5.41, 5.74) is 1.28. The van der Waals surface area contributed by atoms with E-state index in [1.54, 1.807) is 42.2 Å². The summed E-state index contributed by atoms with van der Waals surface area (Å²) in [6, 6.07) is 6.75. The van der Waals surface area contributed by atoms with Gasteiger partial charge >= 0.3 is 0 Å². The second-order valence-electron chi connectivity index (χ2n) is 3.34. The molecule has 0 radical (unpaired) electrons. The largest absolute Gasteiger partial charge is 0.261 e. The highest BCUT2D eigenvalue weighted by atomic mass is 35.7. The molecule has 1 aromatic carbocycles. The maximum Gasteiger partial charge on any atom is 0.261 e. The highest BCUT2D eigenvalue weighted by molar-refractivity contribution is 8.13. The smallest absolute Gasteiger partial charge is 0.241 e. The van der Waals surface area contributed by atoms with Gasteiger partial charge in [0, 0.05) is 23.1 Å². The summed E-state index contributed by atoms with van der Waals surface area (Å²) in [5.74, 6) is 0. The molecule has 0 bridgehead atoms. The van der Waals surface area contributed by atoms with Gasteiger partial charge < -0.3 is 0 Å². The number of hydrogen-bond acceptors (Lipinski definition) is 3. The SMILES string of the molecule is Cc1ccc(-n2cccn2)cc1S(=O)(=O)Cl. The Bertz CT molecular complexity index is 606. The summed E-state index contributed by atoms with van der Waals surface area (Å²) in [5, 5.41) is 4.02. The van der Waals surface area contributed by atoms with Crippen LogP contribution in [0.2, 0.25) is 0 Å². The van der Waals surface area contributed by atoms with E-state index in [-0.39, 0.29) is 4.90 Å². The summed E-state index contributed by atoms with van der Waals surface area (Å²) in [4.78, 5) is 0.113. The second kappa shape index (κ2) is 3.92. The van der Waals surface area contributed by atoms with Crippen molar-refractivity contribution in [1.29, 1.82) is 0 Å². The first-order valence-electron chi connectivity index (χ1n) is 4.54. The van der Waals surface area contributed by atoms with E-state index < -0.39 is 9.05 Å². The van der Waals surface area contributed by atoms with E-state index in [1.165, 1.54) is 6.07 Å². The number of aromatic nitrogens is 2. The van der Waals surface area contributed by atoms with Gasteiger partial charge in [-0.25, -0.2) is 13.1 Å². The van der Waals surface area contributed by atoms with Crippen molar-refractivity contribution in [1.82, 2.24) is 9.78 Å². The van der Waals surface area contributed by atoms with Crippen molar-refractivity contribution < 1.29 is 8.42 Å². The fourth-order valence-electron chi connectivity index (χ4n) is 1.42. The standard InChI is InChI=1S/C10H9ClN2O2S/c1-8-3-4-9(13-6-2-5-12-13)7-10(8)16(11,14)15/h2-7H,1H3. The Balaban J connectivity index is 2.61. The van der Waals surface area contributed by atoms with Crippen molar-refractivity contribution in [2.24, 2.45) is 0 Å². The summed E-state index contributed by atoms with van der Waals surface area (Å²) < 4.78 is 24.2. The second-order valence-corrected chi connectivity index (χ2v) is 5.87. The van der Waals surface area contributed by atoms with Gasteiger partial charge in [0.05, 0.1) is 10.6 Å². The number of nitrogens with zero attached hydrogens (tertiary/aromatic N) is 2. The van der Waals surface area contributed by atoms with Gasteiger partial charge in [0.15, 0.2) is 0 Å². The zero-order chi connectivity index (χ0) is 11.8. The predicted octanol–water partition coefficient (Wildman–Crippen LogP) is 2.11. The third-order valence-electron chi connectivity index (χ3n) is 2.20. The van der Waals surface area contributed by atoms with Crippen LogP contribution in [0.25, 0.3) is 5.69 Å². The van der Waals surface area contributed by atoms with E-state index in [0.717, 1.165) is 0 Å². The van der Waals surface area contributed by atoms with E-state index >= 15 is 0 Å². The Morgan fingerprint density at radius 1 is 1.38 bits per heavy atom. The fourth-order valence-corrected chi connectivity index (χ4v) is 2.63. The maximum atomic E-state index is 11.3. The number of hydrogen-bond donors (Lipinski definition) is 0. The molecular formula is C10H9ClN2O2S. The van der Waals surface area contributed by atoms with Crippen molar-refractivity contribution in [3.05, 3.63) is 42.2 Å². The van der Waals surface area contributed by atoms with Gasteiger partial charge in [-0.15, -0.1) is 0 Å². The van der Waals surface area contributed by atoms with E-state index in [2.05, 4.69) is 5.10 Å². The van der Waals surface area contributed by atoms with Crippen LogP contribution in [-0.2, 0) is 9.05 Å². The molecule has 16 heavy (non-hydrogen) atoms. The molecule has 1 heterocycles. The third kappa shape index (κ3) is 2.10. The van der Waals surface area contributed by atoms with Gasteiger partial charge in [-0.1, -0.05) is 6.07 Å². The van der Waals surface area contributed by atoms with Crippen LogP contribution in [0.4, 0.5) is 0 Å². The molecule has 4 nitrogen and oxygen atoms in total. The van der Waals surface area contributed by atoms with Crippen LogP contribution in [0.3, 0.4) is 0 Å². The zero-order valence-electron chi connectivity index (χ0n) is 8.46. The van der Waals surface area contributed by atoms with Gasteiger partial charge in [-0.05, 0) is 30.7 Å². The Morgan fingerprint density at radius 3 is 2.69 bits per heavy atom. The number of halogens is 1. The predicted molar refractivity (Wildman–Crippen MR) is 61.3 cm³/mol. The van der Waals surface area contributed by atoms with Crippen molar-refractivity contribution in [2.45, 2.75) is 11.8 Å². The molecule has 0 amide bonds. The van der Waals surface area contributed by atoms with Crippen LogP contribution >= 0.6 is 10.7 Å². The van der Waals surface area contributed by atoms with Crippen molar-refractivity contribution in [3.63, 3.8) is 0 Å². The molecule has 0 unspecified atom stereocenters. The average Bonchev–Trinajstić information content (AvgIpc) is 2.69. The zero-order valence-corrected chi connectivity index (χ0v) is 10.0. The Morgan fingerprint density at radius 2 is 2.12 bits per heavy atom. The Labute approximate surface area is 97.9 Å². The van der Waals surface area contributed by atoms with E-state index in [9.17, 15) is 8.42 Å². The van der Waals surface area contributed by atoms with Crippen molar-refractivity contribution >= 4 is 19.7 Å². The van der Waals surface area contributed by atoms with Gasteiger partial charge in [-0.2, -0.15) is 5.10 Å². The monoisotopic (exact) mass is 256 g/mol. The molecule has 0 aliphatic rings. The Kier molecular flexibility index (Phi) is 2.73. The lowest BCUT2D eigenvalue weighted by molar-refractivity contribution is 0.609. The average molecular weight is 257 g/mol. The van der Waals surface area contributed by atoms with Crippen LogP contribution in [-0.4, -0.2) is 18.2 Å². The van der Waals surface area contributed by atoms with Crippen LogP contribution in [0.1, 0.15) is 5.56 Å². The lowest BCUT2D eigenvalue weighted by Gasteiger charge is -2.06. The van der Waals surface area contributed by atoms with Gasteiger partial charge in [0.25, 0.3) is 9.05 Å². The molecule has 2 aromatic rings. The van der Waals surface area contributed by atoms with E-state index in [0.29, 0.717) is 11.3 Å². The van der Waals surface area contributed by atoms with Crippen molar-refractivity contribution in [3.8, 4) is 5.69 Å². The first-order chi connectivity index (χ1) is 7.48. The van der Waals surface area contributed by atoms with Gasteiger partial charge in [-0.3, -0.25) is 0 Å². The van der Waals surface area contributed by atoms with Crippen LogP contribution in [0.5, 0.6) is 0 Å². The number of benzene rings is 1. The van der Waals surface area contributed by atoms with Crippen LogP contribution in [0, 0.1) is 6.92 Å². The maximum absolute atomic E-state index is 11.3. The Hall–Kier alpha value is -1.33. The van der Waals surface area contributed by atoms with E-state index in [4.69, 9.17) is 10.7 Å². The first-order valence-corrected chi connectivity index (χ1v) is 6.85. The fraction of sp³-hybridized carbons (Fsp3) is 0.100. The lowest BCUT2D eigenvalue weighted by Crippen LogP contribution is -1.99. The first kappa shape index (κ1) is 11.2. The van der Waals surface area contributed by atoms with Crippen LogP contribution in [0.15, 0.2) is 41.6 Å².